The van der Waals surface area contributed by atoms with Crippen LogP contribution in [0.5, 0.6) is 11.5 Å². The number of allylic oxidation sites excluding steroid dienone is 2. The summed E-state index contributed by atoms with van der Waals surface area (Å²) >= 11 is 0. The molecule has 3 amide bonds. The van der Waals surface area contributed by atoms with Gasteiger partial charge in [0.05, 0.1) is 50.1 Å². The van der Waals surface area contributed by atoms with Crippen molar-refractivity contribution in [3.05, 3.63) is 70.8 Å². The minimum atomic E-state index is -1.14. The van der Waals surface area contributed by atoms with E-state index in [1.165, 1.54) is 31.4 Å². The number of carbonyl (C=O) groups is 5. The van der Waals surface area contributed by atoms with Crippen LogP contribution in [0.1, 0.15) is 73.7 Å². The number of Topliss-reactive ketones (excluding diaryl/α,β-unsaturated/α-hetero) is 1. The van der Waals surface area contributed by atoms with Crippen LogP contribution in [0, 0.1) is 6.92 Å². The molecule has 5 aromatic rings. The number of ether oxygens (including phenoxy) is 3. The van der Waals surface area contributed by atoms with Crippen LogP contribution in [0.3, 0.4) is 0 Å². The molecule has 0 unspecified atom stereocenters. The number of imidazole rings is 2. The van der Waals surface area contributed by atoms with E-state index >= 15 is 0 Å². The third-order valence-corrected chi connectivity index (χ3v) is 9.60. The molecule has 2 aromatic carbocycles. The molecule has 0 atom stereocenters. The molecule has 58 heavy (non-hydrogen) atoms. The Kier molecular flexibility index (Phi) is 12.8. The lowest BCUT2D eigenvalue weighted by atomic mass is 10.1. The summed E-state index contributed by atoms with van der Waals surface area (Å²) in [5, 5.41) is 16.6. The van der Waals surface area contributed by atoms with Crippen LogP contribution in [0.4, 0.5) is 5.95 Å². The summed E-state index contributed by atoms with van der Waals surface area (Å²) in [7, 11) is 1.44. The van der Waals surface area contributed by atoms with E-state index in [0.29, 0.717) is 54.1 Å². The van der Waals surface area contributed by atoms with Crippen LogP contribution >= 0.6 is 0 Å². The highest BCUT2D eigenvalue weighted by Gasteiger charge is 2.24. The zero-order chi connectivity index (χ0) is 41.5. The van der Waals surface area contributed by atoms with E-state index in [1.807, 2.05) is 6.92 Å². The molecule has 1 fully saturated rings. The number of benzene rings is 2. The number of amides is 3. The highest BCUT2D eigenvalue weighted by Crippen LogP contribution is 2.32. The predicted octanol–water partition coefficient (Wildman–Crippen LogP) is 2.77. The first-order valence-corrected chi connectivity index (χ1v) is 18.8. The summed E-state index contributed by atoms with van der Waals surface area (Å²) in [5.41, 5.74) is 14.0. The van der Waals surface area contributed by atoms with E-state index in [4.69, 9.17) is 25.7 Å². The normalized spacial score (nSPS) is 13.4. The zero-order valence-corrected chi connectivity index (χ0v) is 32.5. The Bertz CT molecular complexity index is 2400. The van der Waals surface area contributed by atoms with Gasteiger partial charge in [0.25, 0.3) is 5.91 Å². The van der Waals surface area contributed by atoms with E-state index in [-0.39, 0.29) is 66.0 Å². The number of aliphatic carboxylic acids is 1. The lowest BCUT2D eigenvalue weighted by Gasteiger charge is -2.26. The quantitative estimate of drug-likeness (QED) is 0.0533. The molecule has 0 spiro atoms. The van der Waals surface area contributed by atoms with Gasteiger partial charge in [-0.1, -0.05) is 12.2 Å². The van der Waals surface area contributed by atoms with Crippen molar-refractivity contribution >= 4 is 57.5 Å². The summed E-state index contributed by atoms with van der Waals surface area (Å²) in [5.74, 6) is -2.82. The number of aromatic nitrogens is 6. The molecule has 19 nitrogen and oxygen atoms in total. The Morgan fingerprint density at radius 2 is 1.53 bits per heavy atom. The molecule has 0 saturated carbocycles. The van der Waals surface area contributed by atoms with Gasteiger partial charge in [-0.3, -0.25) is 38.9 Å². The molecule has 19 heteroatoms. The van der Waals surface area contributed by atoms with Crippen molar-refractivity contribution < 1.29 is 43.3 Å². The molecular weight excluding hydrogens is 752 g/mol. The first kappa shape index (κ1) is 41.0. The van der Waals surface area contributed by atoms with E-state index in [0.717, 1.165) is 19.6 Å². The Morgan fingerprint density at radius 1 is 0.897 bits per heavy atom. The van der Waals surface area contributed by atoms with Crippen molar-refractivity contribution in [2.45, 2.75) is 52.7 Å². The molecule has 306 valence electrons. The summed E-state index contributed by atoms with van der Waals surface area (Å²) in [4.78, 5) is 74.5. The average Bonchev–Trinajstić information content (AvgIpc) is 3.89. The number of fused-ring (bicyclic) bond motifs is 2. The lowest BCUT2D eigenvalue weighted by molar-refractivity contribution is -0.136. The number of carboxylic acid groups (broad SMARTS) is 1. The predicted molar refractivity (Wildman–Crippen MR) is 211 cm³/mol. The molecule has 1 aliphatic rings. The third-order valence-electron chi connectivity index (χ3n) is 9.60. The minimum Gasteiger partial charge on any atom is -0.494 e. The number of primary amides is 2. The van der Waals surface area contributed by atoms with Crippen molar-refractivity contribution in [1.29, 1.82) is 0 Å². The van der Waals surface area contributed by atoms with Gasteiger partial charge in [0.1, 0.15) is 28.2 Å². The number of nitrogens with zero attached hydrogens (tertiary/aromatic N) is 7. The number of hydrogen-bond acceptors (Lipinski definition) is 12. The molecule has 0 aliphatic carbocycles. The maximum atomic E-state index is 13.6. The van der Waals surface area contributed by atoms with Crippen LogP contribution < -0.4 is 26.3 Å². The van der Waals surface area contributed by atoms with Gasteiger partial charge in [-0.25, -0.2) is 9.97 Å². The number of anilines is 1. The van der Waals surface area contributed by atoms with Gasteiger partial charge >= 0.3 is 5.97 Å². The number of carboxylic acids is 1. The Morgan fingerprint density at radius 3 is 2.17 bits per heavy atom. The highest BCUT2D eigenvalue weighted by molar-refractivity contribution is 6.04. The number of hydrogen-bond donors (Lipinski definition) is 4. The van der Waals surface area contributed by atoms with Crippen molar-refractivity contribution in [2.24, 2.45) is 11.5 Å². The fourth-order valence-corrected chi connectivity index (χ4v) is 6.80. The lowest BCUT2D eigenvalue weighted by Crippen LogP contribution is -2.37. The van der Waals surface area contributed by atoms with Gasteiger partial charge in [0.2, 0.25) is 17.8 Å². The van der Waals surface area contributed by atoms with Gasteiger partial charge in [-0.05, 0) is 50.6 Å². The topological polar surface area (TPSA) is 254 Å². The molecule has 0 bridgehead atoms. The summed E-state index contributed by atoms with van der Waals surface area (Å²) < 4.78 is 22.2. The van der Waals surface area contributed by atoms with Gasteiger partial charge in [0.15, 0.2) is 11.6 Å². The number of carbonyl (C=O) groups excluding carboxylic acids is 4. The number of methoxy groups -OCH3 is 1. The zero-order valence-electron chi connectivity index (χ0n) is 32.5. The second-order valence-corrected chi connectivity index (χ2v) is 13.6. The van der Waals surface area contributed by atoms with Gasteiger partial charge < -0.3 is 39.9 Å². The number of ketones is 1. The van der Waals surface area contributed by atoms with Gasteiger partial charge in [-0.2, -0.15) is 5.10 Å². The smallest absolute Gasteiger partial charge is 0.303 e. The van der Waals surface area contributed by atoms with Crippen LogP contribution in [-0.4, -0.2) is 115 Å². The van der Waals surface area contributed by atoms with Crippen LogP contribution in [-0.2, 0) is 29.2 Å². The Balaban J connectivity index is 1.36. The SMILES string of the molecule is CCn1nc(C)cc1C(=O)Nc1nc2cc(C(N)=O)cc(OC)c2n1C/C=C/Cn1c(C(=O)CCC(=O)O)nc2cc(C(N)=O)cc(OCCCN3CCOCC3)c21. The molecular formula is C39H46N10O9. The number of aryl methyl sites for hydroxylation is 2. The Hall–Kier alpha value is -6.60. The highest BCUT2D eigenvalue weighted by atomic mass is 16.5. The maximum Gasteiger partial charge on any atom is 0.303 e. The van der Waals surface area contributed by atoms with E-state index in [1.54, 1.807) is 39.0 Å². The largest absolute Gasteiger partial charge is 0.494 e. The van der Waals surface area contributed by atoms with Crippen LogP contribution in [0.2, 0.25) is 0 Å². The molecule has 1 saturated heterocycles. The van der Waals surface area contributed by atoms with Crippen molar-refractivity contribution in [3.63, 3.8) is 0 Å². The van der Waals surface area contributed by atoms with E-state index < -0.39 is 35.9 Å². The molecule has 1 aliphatic heterocycles. The van der Waals surface area contributed by atoms with Crippen molar-refractivity contribution in [1.82, 2.24) is 33.8 Å². The molecule has 4 heterocycles. The fourth-order valence-electron chi connectivity index (χ4n) is 6.80. The summed E-state index contributed by atoms with van der Waals surface area (Å²) in [6.45, 7) is 8.31. The summed E-state index contributed by atoms with van der Waals surface area (Å²) in [6.07, 6.45) is 3.49. The average molecular weight is 799 g/mol. The van der Waals surface area contributed by atoms with Crippen molar-refractivity contribution in [3.8, 4) is 11.5 Å². The summed E-state index contributed by atoms with van der Waals surface area (Å²) in [6, 6.07) is 7.64. The van der Waals surface area contributed by atoms with E-state index in [2.05, 4.69) is 25.3 Å². The standard InChI is InChI=1S/C39H46N10O9/c1-4-49-28(18-23(2)45-49)38(55)44-39-43-27-20-24(35(40)53)21-30(56-3)33(27)48(39)12-6-5-11-47-34-26(42-37(47)29(50)8-9-32(51)52)19-25(36(41)54)22-31(34)58-15-7-10-46-13-16-57-17-14-46/h5-6,18-22H,4,7-17H2,1-3H3,(H2,40,53)(H2,41,54)(H,51,52)(H,43,44,55)/b6-5+. The van der Waals surface area contributed by atoms with Gasteiger partial charge in [-0.15, -0.1) is 0 Å². The number of nitrogens with one attached hydrogen (secondary N) is 1. The monoisotopic (exact) mass is 798 g/mol. The first-order valence-electron chi connectivity index (χ1n) is 18.8. The number of morpholine rings is 1. The molecule has 6 N–H and O–H groups in total. The number of rotatable bonds is 19. The second-order valence-electron chi connectivity index (χ2n) is 13.6. The molecule has 3 aromatic heterocycles. The van der Waals surface area contributed by atoms with Crippen LogP contribution in [0.15, 0.2) is 42.5 Å². The Labute approximate surface area is 332 Å². The first-order chi connectivity index (χ1) is 27.9. The van der Waals surface area contributed by atoms with Gasteiger partial charge in [0, 0.05) is 56.8 Å². The number of nitrogens with two attached hydrogens (primary N) is 2. The van der Waals surface area contributed by atoms with E-state index in [9.17, 15) is 29.1 Å². The van der Waals surface area contributed by atoms with Crippen molar-refractivity contribution in [2.75, 3.05) is 51.9 Å². The molecule has 6 rings (SSSR count). The third kappa shape index (κ3) is 9.16. The fraction of sp³-hybridized carbons (Fsp3) is 0.385. The van der Waals surface area contributed by atoms with Crippen LogP contribution in [0.25, 0.3) is 22.1 Å². The molecule has 0 radical (unpaired) electrons. The minimum absolute atomic E-state index is 0.0230. The maximum absolute atomic E-state index is 13.6. The second kappa shape index (κ2) is 18.1.